The third kappa shape index (κ3) is 5.10. The summed E-state index contributed by atoms with van der Waals surface area (Å²) in [4.78, 5) is 0. The van der Waals surface area contributed by atoms with Crippen molar-refractivity contribution >= 4 is 26.4 Å². The molecule has 0 heterocycles. The molecule has 0 saturated heterocycles. The summed E-state index contributed by atoms with van der Waals surface area (Å²) in [6, 6.07) is 21.1. The fraction of sp³-hybridized carbons (Fsp3) is 0.333. The molecule has 0 aliphatic rings. The predicted molar refractivity (Wildman–Crippen MR) is 92.9 cm³/mol. The summed E-state index contributed by atoms with van der Waals surface area (Å²) in [5, 5.41) is 0.823. The van der Waals surface area contributed by atoms with Crippen molar-refractivity contribution in [1.82, 2.24) is 0 Å². The van der Waals surface area contributed by atoms with Crippen LogP contribution in [0, 0.1) is 0 Å². The number of rotatable bonds is 8. The van der Waals surface area contributed by atoms with Crippen LogP contribution in [0.2, 0.25) is 0 Å². The number of halogens is 1. The molecule has 1 nitrogen and oxygen atoms in total. The molecule has 3 radical (unpaired) electrons. The molecule has 0 N–H and O–H groups in total. The van der Waals surface area contributed by atoms with Crippen molar-refractivity contribution in [2.24, 2.45) is 0 Å². The summed E-state index contributed by atoms with van der Waals surface area (Å²) < 4.78 is 5.69. The quantitative estimate of drug-likeness (QED) is 0.498. The first kappa shape index (κ1) is 16.5. The summed E-state index contributed by atoms with van der Waals surface area (Å²) in [5.41, 5.74) is 2.53. The lowest BCUT2D eigenvalue weighted by atomic mass is 9.90. The van der Waals surface area contributed by atoms with Crippen molar-refractivity contribution in [2.75, 3.05) is 5.33 Å². The van der Waals surface area contributed by atoms with Crippen LogP contribution in [-0.2, 0) is 17.3 Å². The van der Waals surface area contributed by atoms with Crippen LogP contribution < -0.4 is 0 Å². The molecule has 0 aromatic heterocycles. The minimum Gasteiger partial charge on any atom is -0.412 e. The first-order valence-electron chi connectivity index (χ1n) is 7.26. The second-order valence-corrected chi connectivity index (χ2v) is 6.15. The van der Waals surface area contributed by atoms with Crippen molar-refractivity contribution < 1.29 is 4.43 Å². The van der Waals surface area contributed by atoms with Crippen molar-refractivity contribution in [3.05, 3.63) is 71.8 Å². The lowest BCUT2D eigenvalue weighted by molar-refractivity contribution is 0.0881. The van der Waals surface area contributed by atoms with E-state index in [1.807, 2.05) is 0 Å². The summed E-state index contributed by atoms with van der Waals surface area (Å²) in [5.74, 6) is 0. The van der Waals surface area contributed by atoms with Gasteiger partial charge in [-0.2, -0.15) is 0 Å². The first-order valence-corrected chi connectivity index (χ1v) is 8.79. The van der Waals surface area contributed by atoms with Crippen LogP contribution in [0.1, 0.15) is 24.0 Å². The van der Waals surface area contributed by atoms with E-state index in [4.69, 9.17) is 4.43 Å². The number of alkyl halides is 1. The van der Waals surface area contributed by atoms with Crippen molar-refractivity contribution in [2.45, 2.75) is 31.3 Å². The van der Waals surface area contributed by atoms with E-state index < -0.39 is 0 Å². The van der Waals surface area contributed by atoms with Crippen LogP contribution in [0.3, 0.4) is 0 Å². The Kier molecular flexibility index (Phi) is 6.68. The highest BCUT2D eigenvalue weighted by Gasteiger charge is 2.27. The topological polar surface area (TPSA) is 9.23 Å². The third-order valence-corrected chi connectivity index (χ3v) is 5.34. The van der Waals surface area contributed by atoms with E-state index in [9.17, 15) is 0 Å². The Hall–Kier alpha value is -0.903. The minimum absolute atomic E-state index is 0.178. The predicted octanol–water partition coefficient (Wildman–Crippen LogP) is 4.49. The van der Waals surface area contributed by atoms with E-state index in [0.717, 1.165) is 31.0 Å². The summed E-state index contributed by atoms with van der Waals surface area (Å²) in [6.45, 7) is 0. The normalized spacial score (nSPS) is 11.5. The Bertz CT molecular complexity index is 466. The maximum Gasteiger partial charge on any atom is 0.247 e. The maximum absolute atomic E-state index is 5.69. The van der Waals surface area contributed by atoms with Crippen LogP contribution in [0.4, 0.5) is 0 Å². The Morgan fingerprint density at radius 3 is 1.57 bits per heavy atom. The van der Waals surface area contributed by atoms with Gasteiger partial charge in [0, 0.05) is 5.33 Å². The van der Waals surface area contributed by atoms with Gasteiger partial charge in [0.2, 0.25) is 10.5 Å². The molecule has 0 spiro atoms. The Labute approximate surface area is 139 Å². The second kappa shape index (κ2) is 8.52. The van der Waals surface area contributed by atoms with E-state index in [2.05, 4.69) is 87.1 Å². The van der Waals surface area contributed by atoms with Gasteiger partial charge in [-0.1, -0.05) is 76.6 Å². The molecule has 2 aromatic carbocycles. The average molecular weight is 360 g/mol. The average Bonchev–Trinajstić information content (AvgIpc) is 2.58. The highest BCUT2D eigenvalue weighted by molar-refractivity contribution is 9.09. The zero-order valence-corrected chi connectivity index (χ0v) is 14.7. The number of benzene rings is 2. The van der Waals surface area contributed by atoms with Crippen LogP contribution in [-0.4, -0.2) is 21.4 Å². The van der Waals surface area contributed by atoms with Crippen molar-refractivity contribution in [3.63, 3.8) is 0 Å². The number of hydrogen-bond acceptors (Lipinski definition) is 1. The molecule has 2 aromatic rings. The van der Waals surface area contributed by atoms with Gasteiger partial charge in [-0.15, -0.1) is 0 Å². The largest absolute Gasteiger partial charge is 0.412 e. The SMILES string of the molecule is [Si]OC(CBr)(CCc1ccccc1)CCc1ccccc1. The van der Waals surface area contributed by atoms with Gasteiger partial charge < -0.3 is 4.43 Å². The van der Waals surface area contributed by atoms with Crippen LogP contribution in [0.15, 0.2) is 60.7 Å². The third-order valence-electron chi connectivity index (χ3n) is 3.88. The standard InChI is InChI=1S/C18H20BrOSi/c19-15-18(20-21,13-11-16-7-3-1-4-8-16)14-12-17-9-5-2-6-10-17/h1-10H,11-15H2. The van der Waals surface area contributed by atoms with E-state index in [1.54, 1.807) is 0 Å². The minimum atomic E-state index is -0.178. The molecule has 3 heteroatoms. The van der Waals surface area contributed by atoms with E-state index in [1.165, 1.54) is 11.1 Å². The molecule has 109 valence electrons. The fourth-order valence-electron chi connectivity index (χ4n) is 2.42. The monoisotopic (exact) mass is 359 g/mol. The second-order valence-electron chi connectivity index (χ2n) is 5.39. The number of hydrogen-bond donors (Lipinski definition) is 0. The van der Waals surface area contributed by atoms with Crippen LogP contribution >= 0.6 is 15.9 Å². The Balaban J connectivity index is 1.95. The molecule has 2 rings (SSSR count). The molecular weight excluding hydrogens is 340 g/mol. The van der Waals surface area contributed by atoms with Crippen molar-refractivity contribution in [1.29, 1.82) is 0 Å². The summed E-state index contributed by atoms with van der Waals surface area (Å²) in [6.07, 6.45) is 4.01. The number of aryl methyl sites for hydroxylation is 2. The Morgan fingerprint density at radius 1 is 0.810 bits per heavy atom. The van der Waals surface area contributed by atoms with Gasteiger partial charge in [0.25, 0.3) is 0 Å². The molecular formula is C18H20BrOSi. The first-order chi connectivity index (χ1) is 10.3. The van der Waals surface area contributed by atoms with Gasteiger partial charge in [-0.05, 0) is 36.8 Å². The van der Waals surface area contributed by atoms with Gasteiger partial charge >= 0.3 is 0 Å². The Morgan fingerprint density at radius 2 is 1.24 bits per heavy atom. The van der Waals surface area contributed by atoms with E-state index in [-0.39, 0.29) is 5.60 Å². The molecule has 0 atom stereocenters. The van der Waals surface area contributed by atoms with Crippen LogP contribution in [0.25, 0.3) is 0 Å². The smallest absolute Gasteiger partial charge is 0.247 e. The molecule has 0 aliphatic carbocycles. The maximum atomic E-state index is 5.69. The molecule has 0 saturated carbocycles. The zero-order chi connectivity index (χ0) is 15.0. The van der Waals surface area contributed by atoms with E-state index >= 15 is 0 Å². The summed E-state index contributed by atoms with van der Waals surface area (Å²) in [7, 11) is 3.30. The van der Waals surface area contributed by atoms with Gasteiger partial charge in [0.05, 0.1) is 5.60 Å². The fourth-order valence-corrected chi connectivity index (χ4v) is 3.58. The van der Waals surface area contributed by atoms with Gasteiger partial charge in [-0.3, -0.25) is 0 Å². The highest BCUT2D eigenvalue weighted by atomic mass is 79.9. The lowest BCUT2D eigenvalue weighted by Gasteiger charge is -2.31. The van der Waals surface area contributed by atoms with Gasteiger partial charge in [-0.25, -0.2) is 0 Å². The molecule has 0 bridgehead atoms. The van der Waals surface area contributed by atoms with E-state index in [0.29, 0.717) is 0 Å². The molecule has 0 fully saturated rings. The van der Waals surface area contributed by atoms with Crippen LogP contribution in [0.5, 0.6) is 0 Å². The zero-order valence-electron chi connectivity index (χ0n) is 12.1. The van der Waals surface area contributed by atoms with Crippen molar-refractivity contribution in [3.8, 4) is 0 Å². The molecule has 21 heavy (non-hydrogen) atoms. The van der Waals surface area contributed by atoms with Gasteiger partial charge in [0.1, 0.15) is 0 Å². The highest BCUT2D eigenvalue weighted by Crippen LogP contribution is 2.26. The molecule has 0 aliphatic heterocycles. The molecule has 0 unspecified atom stereocenters. The molecule has 0 amide bonds. The van der Waals surface area contributed by atoms with Gasteiger partial charge in [0.15, 0.2) is 0 Å². The summed E-state index contributed by atoms with van der Waals surface area (Å²) >= 11 is 3.62. The lowest BCUT2D eigenvalue weighted by Crippen LogP contribution is -2.35.